The quantitative estimate of drug-likeness (QED) is 0.803. The summed E-state index contributed by atoms with van der Waals surface area (Å²) in [6.07, 6.45) is 9.02. The van der Waals surface area contributed by atoms with Crippen LogP contribution in [0.15, 0.2) is 36.4 Å². The number of amides is 1. The van der Waals surface area contributed by atoms with Crippen molar-refractivity contribution in [3.05, 3.63) is 41.4 Å². The number of anilines is 1. The van der Waals surface area contributed by atoms with Gasteiger partial charge in [-0.2, -0.15) is 0 Å². The van der Waals surface area contributed by atoms with Gasteiger partial charge in [0.25, 0.3) is 0 Å². The Morgan fingerprint density at radius 3 is 2.47 bits per heavy atom. The standard InChI is InChI=1S/C16H18ClNO/c17-11-6-5-7-12(10-11)18-16(19)15-13-8-3-1-2-4-9-14(13)15/h1-2,5-7,10,13-15H,3-4,8-9H2,(H,18,19)/b2-1-. The Bertz CT molecular complexity index is 495. The Kier molecular flexibility index (Phi) is 3.61. The largest absolute Gasteiger partial charge is 0.326 e. The number of hydrogen-bond acceptors (Lipinski definition) is 1. The van der Waals surface area contributed by atoms with Crippen LogP contribution in [0.3, 0.4) is 0 Å². The summed E-state index contributed by atoms with van der Waals surface area (Å²) >= 11 is 5.93. The lowest BCUT2D eigenvalue weighted by atomic mass is 10.1. The molecule has 19 heavy (non-hydrogen) atoms. The number of allylic oxidation sites excluding steroid dienone is 2. The molecule has 0 heterocycles. The summed E-state index contributed by atoms with van der Waals surface area (Å²) in [6.45, 7) is 0. The summed E-state index contributed by atoms with van der Waals surface area (Å²) in [7, 11) is 0. The van der Waals surface area contributed by atoms with E-state index in [-0.39, 0.29) is 11.8 Å². The van der Waals surface area contributed by atoms with Crippen LogP contribution >= 0.6 is 11.6 Å². The predicted octanol–water partition coefficient (Wildman–Crippen LogP) is 4.27. The van der Waals surface area contributed by atoms with Crippen LogP contribution in [0.5, 0.6) is 0 Å². The van der Waals surface area contributed by atoms with Crippen molar-refractivity contribution in [1.29, 1.82) is 0 Å². The van der Waals surface area contributed by atoms with E-state index >= 15 is 0 Å². The molecule has 3 heteroatoms. The van der Waals surface area contributed by atoms with E-state index in [2.05, 4.69) is 17.5 Å². The van der Waals surface area contributed by atoms with Gasteiger partial charge in [-0.15, -0.1) is 0 Å². The predicted molar refractivity (Wildman–Crippen MR) is 78.2 cm³/mol. The molecule has 1 amide bonds. The van der Waals surface area contributed by atoms with Crippen molar-refractivity contribution < 1.29 is 4.79 Å². The highest BCUT2D eigenvalue weighted by molar-refractivity contribution is 6.30. The molecule has 0 radical (unpaired) electrons. The Hall–Kier alpha value is -1.28. The SMILES string of the molecule is O=C(Nc1cccc(Cl)c1)C1C2CC/C=C\CCC21. The highest BCUT2D eigenvalue weighted by atomic mass is 35.5. The number of rotatable bonds is 2. The van der Waals surface area contributed by atoms with E-state index in [0.29, 0.717) is 16.9 Å². The molecule has 3 rings (SSSR count). The first-order valence-electron chi connectivity index (χ1n) is 6.97. The summed E-state index contributed by atoms with van der Waals surface area (Å²) in [4.78, 5) is 12.3. The first kappa shape index (κ1) is 12.7. The lowest BCUT2D eigenvalue weighted by Gasteiger charge is -2.05. The van der Waals surface area contributed by atoms with Crippen LogP contribution in [0.1, 0.15) is 25.7 Å². The maximum Gasteiger partial charge on any atom is 0.228 e. The molecule has 1 fully saturated rings. The average Bonchev–Trinajstić information content (AvgIpc) is 3.00. The molecule has 1 N–H and O–H groups in total. The molecule has 2 unspecified atom stereocenters. The summed E-state index contributed by atoms with van der Waals surface area (Å²) in [5.41, 5.74) is 0.801. The van der Waals surface area contributed by atoms with Crippen molar-refractivity contribution in [2.24, 2.45) is 17.8 Å². The summed E-state index contributed by atoms with van der Waals surface area (Å²) < 4.78 is 0. The van der Waals surface area contributed by atoms with Gasteiger partial charge in [-0.3, -0.25) is 4.79 Å². The molecule has 0 aliphatic heterocycles. The maximum atomic E-state index is 12.3. The molecule has 2 atom stereocenters. The van der Waals surface area contributed by atoms with Crippen molar-refractivity contribution in [2.75, 3.05) is 5.32 Å². The van der Waals surface area contributed by atoms with Crippen molar-refractivity contribution in [3.63, 3.8) is 0 Å². The normalized spacial score (nSPS) is 30.7. The van der Waals surface area contributed by atoms with Gasteiger partial charge in [0.2, 0.25) is 5.91 Å². The van der Waals surface area contributed by atoms with Crippen molar-refractivity contribution in [3.8, 4) is 0 Å². The minimum Gasteiger partial charge on any atom is -0.326 e. The average molecular weight is 276 g/mol. The number of hydrogen-bond donors (Lipinski definition) is 1. The van der Waals surface area contributed by atoms with Gasteiger partial charge >= 0.3 is 0 Å². The summed E-state index contributed by atoms with van der Waals surface area (Å²) in [5.74, 6) is 1.55. The van der Waals surface area contributed by atoms with Crippen molar-refractivity contribution in [1.82, 2.24) is 0 Å². The third-order valence-electron chi connectivity index (χ3n) is 4.23. The number of fused-ring (bicyclic) bond motifs is 1. The van der Waals surface area contributed by atoms with Gasteiger partial charge in [-0.25, -0.2) is 0 Å². The molecule has 0 spiro atoms. The summed E-state index contributed by atoms with van der Waals surface area (Å²) in [6, 6.07) is 7.35. The molecule has 2 nitrogen and oxygen atoms in total. The van der Waals surface area contributed by atoms with E-state index in [0.717, 1.165) is 31.4 Å². The van der Waals surface area contributed by atoms with Crippen LogP contribution in [0.25, 0.3) is 0 Å². The zero-order chi connectivity index (χ0) is 13.2. The zero-order valence-corrected chi connectivity index (χ0v) is 11.6. The van der Waals surface area contributed by atoms with E-state index < -0.39 is 0 Å². The molecular formula is C16H18ClNO. The molecule has 1 aromatic carbocycles. The zero-order valence-electron chi connectivity index (χ0n) is 10.8. The van der Waals surface area contributed by atoms with Gasteiger partial charge < -0.3 is 5.32 Å². The summed E-state index contributed by atoms with van der Waals surface area (Å²) in [5, 5.41) is 3.65. The topological polar surface area (TPSA) is 29.1 Å². The molecular weight excluding hydrogens is 258 g/mol. The van der Waals surface area contributed by atoms with Crippen LogP contribution < -0.4 is 5.32 Å². The van der Waals surface area contributed by atoms with E-state index in [1.54, 1.807) is 6.07 Å². The second-order valence-electron chi connectivity index (χ2n) is 5.48. The molecule has 1 saturated carbocycles. The van der Waals surface area contributed by atoms with Crippen molar-refractivity contribution >= 4 is 23.2 Å². The van der Waals surface area contributed by atoms with Crippen LogP contribution in [0.4, 0.5) is 5.69 Å². The Balaban J connectivity index is 1.63. The second kappa shape index (κ2) is 5.38. The monoisotopic (exact) mass is 275 g/mol. The van der Waals surface area contributed by atoms with E-state index in [4.69, 9.17) is 11.6 Å². The first-order valence-corrected chi connectivity index (χ1v) is 7.35. The van der Waals surface area contributed by atoms with E-state index in [1.165, 1.54) is 0 Å². The van der Waals surface area contributed by atoms with Crippen molar-refractivity contribution in [2.45, 2.75) is 25.7 Å². The number of carbonyl (C=O) groups excluding carboxylic acids is 1. The molecule has 2 aliphatic carbocycles. The van der Waals surface area contributed by atoms with Gasteiger partial charge in [0.15, 0.2) is 0 Å². The second-order valence-corrected chi connectivity index (χ2v) is 5.92. The van der Waals surface area contributed by atoms with Gasteiger partial charge in [0.1, 0.15) is 0 Å². The fourth-order valence-electron chi connectivity index (χ4n) is 3.23. The molecule has 1 aromatic rings. The first-order chi connectivity index (χ1) is 9.25. The van der Waals surface area contributed by atoms with E-state index in [9.17, 15) is 4.79 Å². The Morgan fingerprint density at radius 1 is 1.16 bits per heavy atom. The maximum absolute atomic E-state index is 12.3. The fraction of sp³-hybridized carbons (Fsp3) is 0.438. The van der Waals surface area contributed by atoms with Crippen LogP contribution in [-0.2, 0) is 4.79 Å². The number of halogens is 1. The number of carbonyl (C=O) groups is 1. The minimum absolute atomic E-state index is 0.166. The highest BCUT2D eigenvalue weighted by Gasteiger charge is 2.53. The molecule has 100 valence electrons. The molecule has 0 aromatic heterocycles. The minimum atomic E-state index is 0.166. The molecule has 2 aliphatic rings. The third-order valence-corrected chi connectivity index (χ3v) is 4.46. The van der Waals surface area contributed by atoms with Crippen LogP contribution in [0.2, 0.25) is 5.02 Å². The molecule has 0 saturated heterocycles. The van der Waals surface area contributed by atoms with Gasteiger partial charge in [0.05, 0.1) is 0 Å². The highest BCUT2D eigenvalue weighted by Crippen LogP contribution is 2.53. The Morgan fingerprint density at radius 2 is 1.84 bits per heavy atom. The van der Waals surface area contributed by atoms with Crippen LogP contribution in [0, 0.1) is 17.8 Å². The molecule has 0 bridgehead atoms. The van der Waals surface area contributed by atoms with Gasteiger partial charge in [0, 0.05) is 16.6 Å². The van der Waals surface area contributed by atoms with Gasteiger partial charge in [-0.1, -0.05) is 29.8 Å². The van der Waals surface area contributed by atoms with Gasteiger partial charge in [-0.05, 0) is 55.7 Å². The van der Waals surface area contributed by atoms with Crippen LogP contribution in [-0.4, -0.2) is 5.91 Å². The lowest BCUT2D eigenvalue weighted by molar-refractivity contribution is -0.117. The van der Waals surface area contributed by atoms with E-state index in [1.807, 2.05) is 18.2 Å². The lowest BCUT2D eigenvalue weighted by Crippen LogP contribution is -2.15. The smallest absolute Gasteiger partial charge is 0.228 e. The number of benzene rings is 1. The number of nitrogens with one attached hydrogen (secondary N) is 1. The Labute approximate surface area is 118 Å². The third kappa shape index (κ3) is 2.84. The fourth-order valence-corrected chi connectivity index (χ4v) is 3.42.